The van der Waals surface area contributed by atoms with Gasteiger partial charge in [0.05, 0.1) is 0 Å². The van der Waals surface area contributed by atoms with E-state index in [0.29, 0.717) is 5.16 Å². The van der Waals surface area contributed by atoms with Gasteiger partial charge in [-0.1, -0.05) is 97.8 Å². The molecule has 0 aromatic heterocycles. The maximum absolute atomic E-state index is 2.77. The van der Waals surface area contributed by atoms with Crippen molar-refractivity contribution in [2.45, 2.75) is 151 Å². The molecule has 3 heteroatoms. The van der Waals surface area contributed by atoms with Crippen LogP contribution in [-0.4, -0.2) is 23.6 Å². The Hall–Kier alpha value is 0.0795. The van der Waals surface area contributed by atoms with Crippen LogP contribution in [0.2, 0.25) is 0 Å². The summed E-state index contributed by atoms with van der Waals surface area (Å²) in [5.74, 6) is 0. The molecule has 1 unspecified atom stereocenters. The molecule has 4 aliphatic carbocycles. The normalized spacial score (nSPS) is 24.3. The first kappa shape index (κ1) is 31.0. The molecule has 4 fully saturated rings. The van der Waals surface area contributed by atoms with Gasteiger partial charge in [0.25, 0.3) is 0 Å². The maximum Gasteiger partial charge on any atom is 2.00 e. The predicted molar refractivity (Wildman–Crippen MR) is 169 cm³/mol. The van der Waals surface area contributed by atoms with Gasteiger partial charge in [-0.05, 0) is 67.3 Å². The van der Waals surface area contributed by atoms with Crippen molar-refractivity contribution in [1.29, 1.82) is 0 Å². The zero-order chi connectivity index (χ0) is 25.3. The van der Waals surface area contributed by atoms with E-state index in [1.807, 2.05) is 41.2 Å². The summed E-state index contributed by atoms with van der Waals surface area (Å²) in [4.78, 5) is 0. The molecule has 0 amide bonds. The first-order valence-electron chi connectivity index (χ1n) is 16.2. The largest absolute Gasteiger partial charge is 2.00 e. The molecule has 0 heterocycles. The Morgan fingerprint density at radius 2 is 1.11 bits per heavy atom. The fourth-order valence-corrected chi connectivity index (χ4v) is 16.1. The SMILES string of the molecule is CP(C1CCCCC1)C1(c2cc[cH-]c2P(C2CCCCC2)C2CCCCC2)CCCCC1.[Fe+2].c1cc[cH-]c1. The minimum absolute atomic E-state index is 0. The molecule has 38 heavy (non-hydrogen) atoms. The Morgan fingerprint density at radius 1 is 0.632 bits per heavy atom. The molecule has 4 saturated carbocycles. The Morgan fingerprint density at radius 3 is 1.58 bits per heavy atom. The van der Waals surface area contributed by atoms with E-state index in [9.17, 15) is 0 Å². The van der Waals surface area contributed by atoms with Gasteiger partial charge in [0.15, 0.2) is 0 Å². The molecule has 0 aliphatic heterocycles. The molecule has 2 aromatic carbocycles. The number of hydrogen-bond acceptors (Lipinski definition) is 0. The van der Waals surface area contributed by atoms with E-state index in [4.69, 9.17) is 0 Å². The Balaban J connectivity index is 0.000000504. The van der Waals surface area contributed by atoms with Crippen molar-refractivity contribution in [2.24, 2.45) is 0 Å². The Labute approximate surface area is 248 Å². The van der Waals surface area contributed by atoms with Gasteiger partial charge in [0.1, 0.15) is 0 Å². The van der Waals surface area contributed by atoms with Crippen molar-refractivity contribution >= 4 is 21.1 Å². The summed E-state index contributed by atoms with van der Waals surface area (Å²) in [5.41, 5.74) is 5.07. The molecule has 2 aromatic rings. The molecule has 1 atom stereocenters. The summed E-state index contributed by atoms with van der Waals surface area (Å²) >= 11 is 0. The molecule has 0 radical (unpaired) electrons. The monoisotopic (exact) mass is 592 g/mol. The fourth-order valence-electron chi connectivity index (χ4n) is 8.53. The molecule has 0 nitrogen and oxygen atoms in total. The second-order valence-corrected chi connectivity index (χ2v) is 18.3. The van der Waals surface area contributed by atoms with Crippen LogP contribution in [0.5, 0.6) is 0 Å². The third kappa shape index (κ3) is 7.47. The maximum atomic E-state index is 2.77. The van der Waals surface area contributed by atoms with Gasteiger partial charge in [-0.2, -0.15) is 35.9 Å². The first-order valence-corrected chi connectivity index (χ1v) is 19.6. The minimum Gasteiger partial charge on any atom is -0.214 e. The minimum atomic E-state index is 0. The van der Waals surface area contributed by atoms with Gasteiger partial charge >= 0.3 is 17.1 Å². The van der Waals surface area contributed by atoms with Gasteiger partial charge in [-0.15, -0.1) is 13.2 Å². The molecular weight excluding hydrogens is 538 g/mol. The van der Waals surface area contributed by atoms with E-state index in [1.165, 1.54) is 89.9 Å². The van der Waals surface area contributed by atoms with E-state index in [-0.39, 0.29) is 32.9 Å². The van der Waals surface area contributed by atoms with E-state index in [1.54, 1.807) is 38.5 Å². The first-order chi connectivity index (χ1) is 18.3. The van der Waals surface area contributed by atoms with Gasteiger partial charge in [0, 0.05) is 0 Å². The van der Waals surface area contributed by atoms with Crippen LogP contribution in [-0.2, 0) is 22.2 Å². The van der Waals surface area contributed by atoms with E-state index in [0.717, 1.165) is 17.0 Å². The predicted octanol–water partition coefficient (Wildman–Crippen LogP) is 11.2. The van der Waals surface area contributed by atoms with Crippen LogP contribution in [0.3, 0.4) is 0 Å². The fraction of sp³-hybridized carbons (Fsp3) is 0.714. The second-order valence-electron chi connectivity index (χ2n) is 12.8. The van der Waals surface area contributed by atoms with Crippen LogP contribution in [0.4, 0.5) is 0 Å². The Bertz CT molecular complexity index is 826. The third-order valence-electron chi connectivity index (χ3n) is 10.5. The molecular formula is C35H54FeP2. The van der Waals surface area contributed by atoms with Crippen LogP contribution in [0.15, 0.2) is 48.5 Å². The molecule has 0 spiro atoms. The van der Waals surface area contributed by atoms with Crippen molar-refractivity contribution in [3.05, 3.63) is 54.1 Å². The number of hydrogen-bond donors (Lipinski definition) is 0. The van der Waals surface area contributed by atoms with Gasteiger partial charge in [-0.25, -0.2) is 18.2 Å². The average molecular weight is 593 g/mol. The Kier molecular flexibility index (Phi) is 13.0. The standard InChI is InChI=1S/C30H49P2.C5H5.Fe/c1-31(25-15-6-2-7-16-25)30(23-12-5-13-24-30)28-21-14-22-29(28)32(26-17-8-3-9-18-26)27-19-10-4-11-20-27;1-2-4-5-3-1;/h14,21-22,25-27H,2-13,15-20,23-24H2,1H3;1-5H;/q2*-1;+2. The van der Waals surface area contributed by atoms with Gasteiger partial charge in [-0.3, -0.25) is 0 Å². The van der Waals surface area contributed by atoms with Crippen molar-refractivity contribution < 1.29 is 17.1 Å². The van der Waals surface area contributed by atoms with Crippen LogP contribution in [0, 0.1) is 0 Å². The zero-order valence-electron chi connectivity index (χ0n) is 24.2. The van der Waals surface area contributed by atoms with Crippen LogP contribution >= 0.6 is 15.8 Å². The van der Waals surface area contributed by atoms with Crippen LogP contribution in [0.1, 0.15) is 134 Å². The van der Waals surface area contributed by atoms with Crippen molar-refractivity contribution in [2.75, 3.05) is 6.66 Å². The summed E-state index contributed by atoms with van der Waals surface area (Å²) in [6.07, 6.45) is 30.4. The second kappa shape index (κ2) is 15.9. The summed E-state index contributed by atoms with van der Waals surface area (Å²) in [6.45, 7) is 2.77. The molecule has 4 aliphatic rings. The molecule has 0 N–H and O–H groups in total. The zero-order valence-corrected chi connectivity index (χ0v) is 27.1. The summed E-state index contributed by atoms with van der Waals surface area (Å²) in [6, 6.07) is 17.9. The van der Waals surface area contributed by atoms with E-state index < -0.39 is 0 Å². The average Bonchev–Trinajstić information content (AvgIpc) is 3.71. The van der Waals surface area contributed by atoms with Crippen molar-refractivity contribution in [3.8, 4) is 0 Å². The molecule has 0 bridgehead atoms. The van der Waals surface area contributed by atoms with Crippen molar-refractivity contribution in [3.63, 3.8) is 0 Å². The third-order valence-corrected chi connectivity index (χ3v) is 17.7. The quantitative estimate of drug-likeness (QED) is 0.178. The van der Waals surface area contributed by atoms with E-state index in [2.05, 4.69) is 24.9 Å². The summed E-state index contributed by atoms with van der Waals surface area (Å²) in [7, 11) is 0.118. The molecule has 212 valence electrons. The van der Waals surface area contributed by atoms with Gasteiger partial charge in [0.2, 0.25) is 0 Å². The smallest absolute Gasteiger partial charge is 0.214 e. The molecule has 6 rings (SSSR count). The van der Waals surface area contributed by atoms with Crippen LogP contribution in [0.25, 0.3) is 0 Å². The molecule has 0 saturated heterocycles. The van der Waals surface area contributed by atoms with Crippen molar-refractivity contribution in [1.82, 2.24) is 0 Å². The summed E-state index contributed by atoms with van der Waals surface area (Å²) in [5, 5.41) is 2.52. The van der Waals surface area contributed by atoms with Crippen LogP contribution < -0.4 is 5.30 Å². The topological polar surface area (TPSA) is 0 Å². The number of rotatable bonds is 6. The van der Waals surface area contributed by atoms with E-state index >= 15 is 0 Å². The van der Waals surface area contributed by atoms with Gasteiger partial charge < -0.3 is 0 Å². The summed E-state index contributed by atoms with van der Waals surface area (Å²) < 4.78 is 0.